The maximum Gasteiger partial charge on any atom is 0.0811 e. The molecule has 0 aliphatic heterocycles. The number of benzene rings is 9. The lowest BCUT2D eigenvalue weighted by Crippen LogP contribution is -2.41. The van der Waals surface area contributed by atoms with E-state index in [0.29, 0.717) is 0 Å². The summed E-state index contributed by atoms with van der Waals surface area (Å²) in [4.78, 5) is 2.52. The molecule has 0 radical (unpaired) electrons. The van der Waals surface area contributed by atoms with E-state index in [2.05, 4.69) is 220 Å². The van der Waals surface area contributed by atoms with Gasteiger partial charge >= 0.3 is 0 Å². The summed E-state index contributed by atoms with van der Waals surface area (Å²) < 4.78 is 2.41. The van der Waals surface area contributed by atoms with Crippen LogP contribution in [-0.2, 0) is 5.41 Å². The number of fused-ring (bicyclic) bond motifs is 10. The Morgan fingerprint density at radius 1 is 0.431 bits per heavy atom. The lowest BCUT2D eigenvalue weighted by molar-refractivity contribution is 0.590. The summed E-state index contributed by atoms with van der Waals surface area (Å²) in [6.45, 7) is 14.3. The maximum atomic E-state index is 2.52. The topological polar surface area (TPSA) is 8.17 Å². The molecule has 0 fully saturated rings. The lowest BCUT2D eigenvalue weighted by atomic mass is 9.78. The second kappa shape index (κ2) is 12.5. The Bertz CT molecular complexity index is 3250. The summed E-state index contributed by atoms with van der Waals surface area (Å²) in [5, 5.41) is 11.8. The minimum absolute atomic E-state index is 0.0802. The van der Waals surface area contributed by atoms with Gasteiger partial charge in [0.1, 0.15) is 0 Å². The molecule has 2 nitrogen and oxygen atoms in total. The van der Waals surface area contributed by atoms with Crippen LogP contribution in [0.3, 0.4) is 0 Å². The van der Waals surface area contributed by atoms with E-state index < -0.39 is 8.07 Å². The zero-order chi connectivity index (χ0) is 39.5. The van der Waals surface area contributed by atoms with E-state index in [4.69, 9.17) is 0 Å². The van der Waals surface area contributed by atoms with Gasteiger partial charge in [-0.3, -0.25) is 0 Å². The monoisotopic (exact) mass is 762 g/mol. The van der Waals surface area contributed by atoms with Gasteiger partial charge in [-0.25, -0.2) is 0 Å². The van der Waals surface area contributed by atoms with Gasteiger partial charge in [-0.1, -0.05) is 131 Å². The number of hydrogen-bond acceptors (Lipinski definition) is 1. The standard InChI is InChI=1S/C55H46N2Si/c1-55(2,3)40-22-26-41(27-23-40)56(53-28-21-35-13-7-8-14-44(35)54(53)58(4,5)6)42-24-19-36-31-47-49(33-38(36)29-42)48-32-37-20-25-43(30-39(37)34-50(47)48)57-51-17-11-9-15-45(51)46-16-10-12-18-52(46)57/h7-34H,1-6H3. The molecule has 280 valence electrons. The van der Waals surface area contributed by atoms with Gasteiger partial charge in [0.05, 0.1) is 19.1 Å². The molecule has 0 saturated carbocycles. The third-order valence-electron chi connectivity index (χ3n) is 12.5. The van der Waals surface area contributed by atoms with Crippen molar-refractivity contribution in [2.24, 2.45) is 0 Å². The highest BCUT2D eigenvalue weighted by Crippen LogP contribution is 2.51. The second-order valence-corrected chi connectivity index (χ2v) is 23.3. The Kier molecular flexibility index (Phi) is 7.52. The van der Waals surface area contributed by atoms with Gasteiger partial charge in [0, 0.05) is 33.5 Å². The number of para-hydroxylation sites is 2. The molecular weight excluding hydrogens is 717 g/mol. The van der Waals surface area contributed by atoms with Crippen molar-refractivity contribution in [3.05, 3.63) is 175 Å². The van der Waals surface area contributed by atoms with Crippen LogP contribution in [0.25, 0.3) is 82.1 Å². The van der Waals surface area contributed by atoms with Crippen LogP contribution in [0, 0.1) is 0 Å². The fourth-order valence-corrected chi connectivity index (χ4v) is 11.6. The Labute approximate surface area is 341 Å². The molecule has 10 aromatic rings. The first-order valence-corrected chi connectivity index (χ1v) is 24.1. The van der Waals surface area contributed by atoms with Crippen LogP contribution >= 0.6 is 0 Å². The van der Waals surface area contributed by atoms with Gasteiger partial charge in [-0.2, -0.15) is 0 Å². The number of anilines is 3. The molecule has 9 aromatic carbocycles. The molecule has 3 heteroatoms. The van der Waals surface area contributed by atoms with Crippen LogP contribution in [0.1, 0.15) is 26.3 Å². The number of nitrogens with zero attached hydrogens (tertiary/aromatic N) is 2. The molecule has 0 saturated heterocycles. The molecule has 1 aromatic heterocycles. The van der Waals surface area contributed by atoms with Crippen LogP contribution in [0.5, 0.6) is 0 Å². The smallest absolute Gasteiger partial charge is 0.0811 e. The summed E-state index contributed by atoms with van der Waals surface area (Å²) >= 11 is 0. The first-order chi connectivity index (χ1) is 28.0. The first kappa shape index (κ1) is 34.8. The van der Waals surface area contributed by atoms with Gasteiger partial charge in [0.2, 0.25) is 0 Å². The van der Waals surface area contributed by atoms with Crippen molar-refractivity contribution in [3.8, 4) is 27.9 Å². The molecule has 1 aliphatic rings. The van der Waals surface area contributed by atoms with E-state index in [1.807, 2.05) is 0 Å². The summed E-state index contributed by atoms with van der Waals surface area (Å²) in [6.07, 6.45) is 0. The van der Waals surface area contributed by atoms with Crippen LogP contribution in [0.15, 0.2) is 170 Å². The SMILES string of the molecule is CC(C)(C)c1ccc(N(c2ccc3cc4c(cc3c2)-c2cc3ccc(-n5c6ccccc6c6ccccc65)cc3cc2-4)c2ccc3ccccc3c2[Si](C)(C)C)cc1. The predicted octanol–water partition coefficient (Wildman–Crippen LogP) is 15.2. The van der Waals surface area contributed by atoms with Gasteiger partial charge in [-0.15, -0.1) is 0 Å². The zero-order valence-electron chi connectivity index (χ0n) is 34.1. The van der Waals surface area contributed by atoms with E-state index in [9.17, 15) is 0 Å². The maximum absolute atomic E-state index is 2.52. The number of hydrogen-bond donors (Lipinski definition) is 0. The van der Waals surface area contributed by atoms with E-state index in [1.165, 1.54) is 110 Å². The highest BCUT2D eigenvalue weighted by Gasteiger charge is 2.29. The molecular formula is C55H46N2Si. The van der Waals surface area contributed by atoms with Crippen molar-refractivity contribution >= 4 is 84.4 Å². The van der Waals surface area contributed by atoms with Gasteiger partial charge in [0.15, 0.2) is 0 Å². The lowest BCUT2D eigenvalue weighted by Gasteiger charge is -2.33. The fourth-order valence-electron chi connectivity index (χ4n) is 9.65. The Balaban J connectivity index is 1.03. The third-order valence-corrected chi connectivity index (χ3v) is 14.5. The molecule has 0 spiro atoms. The highest BCUT2D eigenvalue weighted by atomic mass is 28.3. The third kappa shape index (κ3) is 5.37. The van der Waals surface area contributed by atoms with Crippen LogP contribution in [0.2, 0.25) is 19.6 Å². The van der Waals surface area contributed by atoms with E-state index in [-0.39, 0.29) is 5.41 Å². The molecule has 11 rings (SSSR count). The average Bonchev–Trinajstić information content (AvgIpc) is 3.56. The highest BCUT2D eigenvalue weighted by molar-refractivity contribution is 6.91. The zero-order valence-corrected chi connectivity index (χ0v) is 35.1. The average molecular weight is 763 g/mol. The Hall–Kier alpha value is -6.42. The van der Waals surface area contributed by atoms with Crippen molar-refractivity contribution in [1.82, 2.24) is 4.57 Å². The van der Waals surface area contributed by atoms with E-state index in [0.717, 1.165) is 0 Å². The Morgan fingerprint density at radius 3 is 1.53 bits per heavy atom. The first-order valence-electron chi connectivity index (χ1n) is 20.6. The van der Waals surface area contributed by atoms with Crippen molar-refractivity contribution < 1.29 is 0 Å². The summed E-state index contributed by atoms with van der Waals surface area (Å²) in [5.41, 5.74) is 14.1. The van der Waals surface area contributed by atoms with Crippen LogP contribution < -0.4 is 10.1 Å². The van der Waals surface area contributed by atoms with Crippen molar-refractivity contribution in [1.29, 1.82) is 0 Å². The number of rotatable bonds is 5. The fraction of sp³-hybridized carbons (Fsp3) is 0.127. The summed E-state index contributed by atoms with van der Waals surface area (Å²) in [6, 6.07) is 64.0. The molecule has 0 amide bonds. The molecule has 1 heterocycles. The molecule has 58 heavy (non-hydrogen) atoms. The van der Waals surface area contributed by atoms with Crippen LogP contribution in [0.4, 0.5) is 17.1 Å². The largest absolute Gasteiger partial charge is 0.311 e. The second-order valence-electron chi connectivity index (χ2n) is 18.3. The minimum atomic E-state index is -1.82. The van der Waals surface area contributed by atoms with Crippen molar-refractivity contribution in [2.75, 3.05) is 4.90 Å². The number of aromatic nitrogens is 1. The minimum Gasteiger partial charge on any atom is -0.311 e. The van der Waals surface area contributed by atoms with Gasteiger partial charge in [-0.05, 0) is 150 Å². The Morgan fingerprint density at radius 2 is 0.931 bits per heavy atom. The molecule has 1 aliphatic carbocycles. The van der Waals surface area contributed by atoms with Gasteiger partial charge < -0.3 is 9.47 Å². The molecule has 0 unspecified atom stereocenters. The molecule has 0 bridgehead atoms. The molecule has 0 N–H and O–H groups in total. The summed E-state index contributed by atoms with van der Waals surface area (Å²) in [5.74, 6) is 0. The van der Waals surface area contributed by atoms with E-state index >= 15 is 0 Å². The normalized spacial score (nSPS) is 12.7. The van der Waals surface area contributed by atoms with E-state index in [1.54, 1.807) is 0 Å². The predicted molar refractivity (Wildman–Crippen MR) is 254 cm³/mol. The van der Waals surface area contributed by atoms with Crippen molar-refractivity contribution in [2.45, 2.75) is 45.8 Å². The van der Waals surface area contributed by atoms with Crippen LogP contribution in [-0.4, -0.2) is 12.6 Å². The quantitative estimate of drug-likeness (QED) is 0.159. The van der Waals surface area contributed by atoms with Crippen molar-refractivity contribution in [3.63, 3.8) is 0 Å². The summed E-state index contributed by atoms with van der Waals surface area (Å²) in [7, 11) is -1.82. The van der Waals surface area contributed by atoms with Gasteiger partial charge in [0.25, 0.3) is 0 Å². The molecule has 0 atom stereocenters.